The lowest BCUT2D eigenvalue weighted by atomic mass is 9.99. The molecule has 0 aromatic carbocycles. The minimum Gasteiger partial charge on any atom is -0.466 e. The molecule has 0 spiro atoms. The van der Waals surface area contributed by atoms with Crippen LogP contribution in [0.5, 0.6) is 0 Å². The van der Waals surface area contributed by atoms with Crippen LogP contribution in [0.25, 0.3) is 0 Å². The lowest BCUT2D eigenvalue weighted by molar-refractivity contribution is -0.148. The van der Waals surface area contributed by atoms with Gasteiger partial charge >= 0.3 is 5.97 Å². The summed E-state index contributed by atoms with van der Waals surface area (Å²) in [5, 5.41) is 0.939. The number of hydrogen-bond acceptors (Lipinski definition) is 6. The van der Waals surface area contributed by atoms with Gasteiger partial charge in [-0.05, 0) is 25.7 Å². The Morgan fingerprint density at radius 1 is 1.55 bits per heavy atom. The first-order valence-corrected chi connectivity index (χ1v) is 8.11. The molecule has 20 heavy (non-hydrogen) atoms. The molecule has 112 valence electrons. The van der Waals surface area contributed by atoms with Gasteiger partial charge in [-0.25, -0.2) is 4.98 Å². The normalized spacial score (nSPS) is 19.4. The van der Waals surface area contributed by atoms with E-state index in [1.54, 1.807) is 0 Å². The number of rotatable bonds is 5. The molecule has 5 nitrogen and oxygen atoms in total. The second-order valence-corrected chi connectivity index (χ2v) is 6.36. The van der Waals surface area contributed by atoms with Gasteiger partial charge in [-0.3, -0.25) is 4.79 Å². The Labute approximate surface area is 124 Å². The van der Waals surface area contributed by atoms with Gasteiger partial charge in [-0.15, -0.1) is 0 Å². The van der Waals surface area contributed by atoms with Gasteiger partial charge in [0.15, 0.2) is 0 Å². The Morgan fingerprint density at radius 2 is 2.35 bits per heavy atom. The highest BCUT2D eigenvalue weighted by molar-refractivity contribution is 7.09. The van der Waals surface area contributed by atoms with Crippen molar-refractivity contribution < 1.29 is 9.53 Å². The van der Waals surface area contributed by atoms with Gasteiger partial charge < -0.3 is 9.64 Å². The van der Waals surface area contributed by atoms with Crippen LogP contribution < -0.4 is 4.90 Å². The zero-order valence-corrected chi connectivity index (χ0v) is 13.3. The van der Waals surface area contributed by atoms with Gasteiger partial charge in [-0.1, -0.05) is 13.8 Å². The van der Waals surface area contributed by atoms with Crippen LogP contribution in [-0.2, 0) is 16.0 Å². The Kier molecular flexibility index (Phi) is 5.34. The Hall–Kier alpha value is -1.17. The largest absolute Gasteiger partial charge is 0.466 e. The van der Waals surface area contributed by atoms with Gasteiger partial charge in [0.05, 0.1) is 12.5 Å². The van der Waals surface area contributed by atoms with Crippen molar-refractivity contribution in [1.82, 2.24) is 9.36 Å². The van der Waals surface area contributed by atoms with Crippen molar-refractivity contribution >= 4 is 22.6 Å². The fourth-order valence-electron chi connectivity index (χ4n) is 2.42. The van der Waals surface area contributed by atoms with Crippen molar-refractivity contribution in [3.63, 3.8) is 0 Å². The molecule has 1 aliphatic rings. The van der Waals surface area contributed by atoms with Crippen LogP contribution in [0.4, 0.5) is 5.13 Å². The Bertz CT molecular complexity index is 447. The first kappa shape index (κ1) is 15.2. The summed E-state index contributed by atoms with van der Waals surface area (Å²) in [5.74, 6) is 1.37. The van der Waals surface area contributed by atoms with E-state index in [-0.39, 0.29) is 11.9 Å². The lowest BCUT2D eigenvalue weighted by Crippen LogP contribution is -2.39. The van der Waals surface area contributed by atoms with E-state index in [0.717, 1.165) is 36.8 Å². The molecule has 1 aromatic rings. The van der Waals surface area contributed by atoms with Crippen molar-refractivity contribution in [2.45, 2.75) is 40.0 Å². The summed E-state index contributed by atoms with van der Waals surface area (Å²) < 4.78 is 9.54. The first-order chi connectivity index (χ1) is 9.60. The predicted octanol–water partition coefficient (Wildman–Crippen LogP) is 2.52. The molecule has 1 aromatic heterocycles. The molecular weight excluding hydrogens is 274 g/mol. The van der Waals surface area contributed by atoms with Crippen LogP contribution in [0, 0.1) is 11.8 Å². The van der Waals surface area contributed by atoms with E-state index in [2.05, 4.69) is 28.1 Å². The number of anilines is 1. The number of aromatic nitrogens is 2. The van der Waals surface area contributed by atoms with Crippen LogP contribution in [0.15, 0.2) is 0 Å². The number of nitrogens with zero attached hydrogens (tertiary/aromatic N) is 3. The summed E-state index contributed by atoms with van der Waals surface area (Å²) in [6, 6.07) is 0. The van der Waals surface area contributed by atoms with E-state index in [9.17, 15) is 4.79 Å². The molecule has 0 amide bonds. The number of hydrogen-bond donors (Lipinski definition) is 0. The van der Waals surface area contributed by atoms with Crippen molar-refractivity contribution in [2.75, 3.05) is 24.6 Å². The summed E-state index contributed by atoms with van der Waals surface area (Å²) >= 11 is 1.44. The molecule has 1 aliphatic heterocycles. The zero-order valence-electron chi connectivity index (χ0n) is 12.5. The number of carbonyl (C=O) groups is 1. The molecule has 2 heterocycles. The molecule has 6 heteroatoms. The second-order valence-electron chi connectivity index (χ2n) is 5.63. The number of ether oxygens (including phenoxy) is 1. The maximum absolute atomic E-state index is 11.8. The molecular formula is C14H23N3O2S. The van der Waals surface area contributed by atoms with Gasteiger partial charge in [0, 0.05) is 31.0 Å². The third-order valence-electron chi connectivity index (χ3n) is 3.36. The minimum absolute atomic E-state index is 0.0267. The van der Waals surface area contributed by atoms with Crippen molar-refractivity contribution in [3.05, 3.63) is 5.82 Å². The maximum atomic E-state index is 11.8. The van der Waals surface area contributed by atoms with Gasteiger partial charge in [0.25, 0.3) is 0 Å². The van der Waals surface area contributed by atoms with Gasteiger partial charge in [-0.2, -0.15) is 4.37 Å². The van der Waals surface area contributed by atoms with Crippen molar-refractivity contribution in [2.24, 2.45) is 11.8 Å². The summed E-state index contributed by atoms with van der Waals surface area (Å²) in [4.78, 5) is 18.6. The predicted molar refractivity (Wildman–Crippen MR) is 80.0 cm³/mol. The third kappa shape index (κ3) is 3.91. The highest BCUT2D eigenvalue weighted by Gasteiger charge is 2.28. The summed E-state index contributed by atoms with van der Waals surface area (Å²) in [6.07, 6.45) is 2.82. The highest BCUT2D eigenvalue weighted by Crippen LogP contribution is 2.25. The molecule has 0 saturated carbocycles. The number of carbonyl (C=O) groups excluding carboxylic acids is 1. The Morgan fingerprint density at radius 3 is 3.05 bits per heavy atom. The van der Waals surface area contributed by atoms with Crippen molar-refractivity contribution in [1.29, 1.82) is 0 Å². The average molecular weight is 297 g/mol. The van der Waals surface area contributed by atoms with Crippen molar-refractivity contribution in [3.8, 4) is 0 Å². The van der Waals surface area contributed by atoms with Gasteiger partial charge in [0.2, 0.25) is 5.13 Å². The van der Waals surface area contributed by atoms with Crippen LogP contribution in [0.3, 0.4) is 0 Å². The summed E-state index contributed by atoms with van der Waals surface area (Å²) in [7, 11) is 0. The number of piperidine rings is 1. The van der Waals surface area contributed by atoms with E-state index < -0.39 is 0 Å². The fraction of sp³-hybridized carbons (Fsp3) is 0.786. The first-order valence-electron chi connectivity index (χ1n) is 7.34. The maximum Gasteiger partial charge on any atom is 0.310 e. The Balaban J connectivity index is 1.98. The summed E-state index contributed by atoms with van der Waals surface area (Å²) in [5.41, 5.74) is 0. The standard InChI is InChI=1S/C14H23N3O2S/c1-4-19-13(18)11-6-5-7-17(9-11)14-15-12(16-20-14)8-10(2)3/h10-11H,4-9H2,1-3H3/t11-/m1/s1. The third-order valence-corrected chi connectivity index (χ3v) is 4.17. The SMILES string of the molecule is CCOC(=O)[C@@H]1CCCN(c2nc(CC(C)C)ns2)C1. The molecule has 1 fully saturated rings. The van der Waals surface area contributed by atoms with Crippen LogP contribution in [-0.4, -0.2) is 35.0 Å². The quantitative estimate of drug-likeness (QED) is 0.782. The zero-order chi connectivity index (χ0) is 14.5. The molecule has 1 atom stereocenters. The van der Waals surface area contributed by atoms with E-state index in [1.807, 2.05) is 6.92 Å². The topological polar surface area (TPSA) is 55.3 Å². The van der Waals surface area contributed by atoms with E-state index in [4.69, 9.17) is 4.74 Å². The summed E-state index contributed by atoms with van der Waals surface area (Å²) in [6.45, 7) is 8.28. The van der Waals surface area contributed by atoms with E-state index in [0.29, 0.717) is 19.1 Å². The smallest absolute Gasteiger partial charge is 0.310 e. The molecule has 2 rings (SSSR count). The fourth-order valence-corrected chi connectivity index (χ4v) is 3.15. The van der Waals surface area contributed by atoms with Crippen LogP contribution in [0.1, 0.15) is 39.4 Å². The van der Waals surface area contributed by atoms with Crippen LogP contribution >= 0.6 is 11.5 Å². The molecule has 0 unspecified atom stereocenters. The van der Waals surface area contributed by atoms with Gasteiger partial charge in [0.1, 0.15) is 5.82 Å². The van der Waals surface area contributed by atoms with E-state index >= 15 is 0 Å². The number of esters is 1. The minimum atomic E-state index is -0.0795. The lowest BCUT2D eigenvalue weighted by Gasteiger charge is -2.30. The van der Waals surface area contributed by atoms with E-state index in [1.165, 1.54) is 11.5 Å². The molecule has 0 bridgehead atoms. The average Bonchev–Trinajstić information content (AvgIpc) is 2.87. The highest BCUT2D eigenvalue weighted by atomic mass is 32.1. The monoisotopic (exact) mass is 297 g/mol. The second kappa shape index (κ2) is 7.02. The molecule has 0 N–H and O–H groups in total. The molecule has 0 aliphatic carbocycles. The van der Waals surface area contributed by atoms with Crippen LogP contribution in [0.2, 0.25) is 0 Å². The molecule has 0 radical (unpaired) electrons. The molecule has 1 saturated heterocycles.